The van der Waals surface area contributed by atoms with E-state index in [1.807, 2.05) is 0 Å². The lowest BCUT2D eigenvalue weighted by atomic mass is 10.1. The first-order valence-corrected chi connectivity index (χ1v) is 7.67. The number of rotatable bonds is 6. The van der Waals surface area contributed by atoms with Crippen molar-refractivity contribution < 1.29 is 22.1 Å². The molecule has 0 amide bonds. The molecule has 0 atom stereocenters. The maximum atomic E-state index is 13.6. The first-order valence-electron chi connectivity index (χ1n) is 5.77. The predicted molar refractivity (Wildman–Crippen MR) is 73.6 cm³/mol. The molecule has 0 spiro atoms. The number of hydrogen-bond donors (Lipinski definition) is 2. The van der Waals surface area contributed by atoms with E-state index in [0.717, 1.165) is 6.26 Å². The third-order valence-corrected chi connectivity index (χ3v) is 3.33. The molecule has 7 nitrogen and oxygen atoms in total. The minimum atomic E-state index is -3.49. The van der Waals surface area contributed by atoms with Gasteiger partial charge in [0.2, 0.25) is 10.0 Å². The fraction of sp³-hybridized carbons (Fsp3) is 0.455. The van der Waals surface area contributed by atoms with Crippen molar-refractivity contribution in [2.24, 2.45) is 0 Å². The molecule has 21 heavy (non-hydrogen) atoms. The second kappa shape index (κ2) is 5.90. The second-order valence-electron chi connectivity index (χ2n) is 5.15. The predicted octanol–water partition coefficient (Wildman–Crippen LogP) is 1.61. The Kier molecular flexibility index (Phi) is 4.84. The second-order valence-corrected chi connectivity index (χ2v) is 6.90. The number of non-ortho nitro benzene ring substituents is 1. The summed E-state index contributed by atoms with van der Waals surface area (Å²) in [5.41, 5.74) is -2.26. The number of nitro groups is 1. The van der Waals surface area contributed by atoms with E-state index in [0.29, 0.717) is 12.1 Å². The molecular weight excluding hydrogens is 308 g/mol. The van der Waals surface area contributed by atoms with E-state index in [4.69, 9.17) is 0 Å². The van der Waals surface area contributed by atoms with Crippen LogP contribution < -0.4 is 10.0 Å². The Morgan fingerprint density at radius 1 is 1.29 bits per heavy atom. The van der Waals surface area contributed by atoms with Gasteiger partial charge in [0.1, 0.15) is 5.69 Å². The minimum Gasteiger partial charge on any atom is -0.378 e. The van der Waals surface area contributed by atoms with Crippen LogP contribution in [0.1, 0.15) is 13.8 Å². The first-order chi connectivity index (χ1) is 9.41. The van der Waals surface area contributed by atoms with Crippen LogP contribution in [-0.2, 0) is 10.0 Å². The molecule has 0 saturated carbocycles. The highest BCUT2D eigenvalue weighted by molar-refractivity contribution is 7.88. The Balaban J connectivity index is 2.92. The average molecular weight is 323 g/mol. The highest BCUT2D eigenvalue weighted by Crippen LogP contribution is 2.25. The Bertz CT molecular complexity index is 638. The summed E-state index contributed by atoms with van der Waals surface area (Å²) in [5, 5.41) is 12.9. The molecule has 0 aliphatic rings. The van der Waals surface area contributed by atoms with Crippen LogP contribution in [-0.4, -0.2) is 31.7 Å². The number of halogens is 2. The smallest absolute Gasteiger partial charge is 0.275 e. The summed E-state index contributed by atoms with van der Waals surface area (Å²) in [5.74, 6) is -2.26. The van der Waals surface area contributed by atoms with Crippen molar-refractivity contribution in [2.75, 3.05) is 18.1 Å². The van der Waals surface area contributed by atoms with Crippen LogP contribution in [0.4, 0.5) is 20.2 Å². The summed E-state index contributed by atoms with van der Waals surface area (Å²) in [4.78, 5) is 9.55. The van der Waals surface area contributed by atoms with Gasteiger partial charge in [-0.1, -0.05) is 0 Å². The third kappa shape index (κ3) is 5.23. The van der Waals surface area contributed by atoms with Crippen molar-refractivity contribution in [1.82, 2.24) is 4.72 Å². The lowest BCUT2D eigenvalue weighted by molar-refractivity contribution is -0.385. The third-order valence-electron chi connectivity index (χ3n) is 2.41. The van der Waals surface area contributed by atoms with Gasteiger partial charge in [0, 0.05) is 12.1 Å². The lowest BCUT2D eigenvalue weighted by Crippen LogP contribution is -2.47. The van der Waals surface area contributed by atoms with Crippen molar-refractivity contribution in [3.05, 3.63) is 33.9 Å². The molecule has 1 aromatic carbocycles. The molecule has 2 N–H and O–H groups in total. The van der Waals surface area contributed by atoms with E-state index in [-0.39, 0.29) is 6.54 Å². The zero-order valence-corrected chi connectivity index (χ0v) is 12.4. The van der Waals surface area contributed by atoms with Gasteiger partial charge in [0.25, 0.3) is 5.69 Å². The molecule has 1 aromatic rings. The molecule has 0 aromatic heterocycles. The van der Waals surface area contributed by atoms with Crippen LogP contribution in [0.3, 0.4) is 0 Å². The summed E-state index contributed by atoms with van der Waals surface area (Å²) in [6, 6.07) is 1.17. The van der Waals surface area contributed by atoms with E-state index < -0.39 is 43.5 Å². The molecular formula is C11H15F2N3O4S. The SMILES string of the molecule is CC(C)(CNc1c(F)cc([N+](=O)[O-])cc1F)NS(C)(=O)=O. The summed E-state index contributed by atoms with van der Waals surface area (Å²) < 4.78 is 51.9. The van der Waals surface area contributed by atoms with Gasteiger partial charge in [-0.25, -0.2) is 21.9 Å². The molecule has 0 heterocycles. The molecule has 0 aliphatic carbocycles. The van der Waals surface area contributed by atoms with Crippen molar-refractivity contribution in [3.8, 4) is 0 Å². The van der Waals surface area contributed by atoms with Crippen molar-refractivity contribution in [3.63, 3.8) is 0 Å². The number of sulfonamides is 1. The summed E-state index contributed by atoms with van der Waals surface area (Å²) in [6.07, 6.45) is 0.960. The monoisotopic (exact) mass is 323 g/mol. The Morgan fingerprint density at radius 3 is 2.14 bits per heavy atom. The quantitative estimate of drug-likeness (QED) is 0.612. The van der Waals surface area contributed by atoms with Crippen LogP contribution in [0.2, 0.25) is 0 Å². The number of anilines is 1. The number of hydrogen-bond acceptors (Lipinski definition) is 5. The summed E-state index contributed by atoms with van der Waals surface area (Å²) in [6.45, 7) is 2.91. The fourth-order valence-corrected chi connectivity index (χ4v) is 2.76. The Labute approximate surface area is 120 Å². The van der Waals surface area contributed by atoms with Crippen molar-refractivity contribution in [2.45, 2.75) is 19.4 Å². The molecule has 0 radical (unpaired) electrons. The molecule has 10 heteroatoms. The van der Waals surface area contributed by atoms with Crippen molar-refractivity contribution in [1.29, 1.82) is 0 Å². The lowest BCUT2D eigenvalue weighted by Gasteiger charge is -2.26. The molecule has 1 rings (SSSR count). The summed E-state index contributed by atoms with van der Waals surface area (Å²) >= 11 is 0. The van der Waals surface area contributed by atoms with Gasteiger partial charge in [-0.2, -0.15) is 0 Å². The van der Waals surface area contributed by atoms with E-state index >= 15 is 0 Å². The van der Waals surface area contributed by atoms with Gasteiger partial charge in [-0.3, -0.25) is 10.1 Å². The Hall–Kier alpha value is -1.81. The molecule has 0 bridgehead atoms. The van der Waals surface area contributed by atoms with E-state index in [9.17, 15) is 27.3 Å². The molecule has 0 unspecified atom stereocenters. The minimum absolute atomic E-state index is 0.119. The summed E-state index contributed by atoms with van der Waals surface area (Å²) in [7, 11) is -3.49. The average Bonchev–Trinajstić information content (AvgIpc) is 2.23. The van der Waals surface area contributed by atoms with Crippen LogP contribution in [0.25, 0.3) is 0 Å². The van der Waals surface area contributed by atoms with E-state index in [2.05, 4.69) is 10.0 Å². The largest absolute Gasteiger partial charge is 0.378 e. The number of nitro benzene ring substituents is 1. The maximum absolute atomic E-state index is 13.6. The number of nitrogens with zero attached hydrogens (tertiary/aromatic N) is 1. The van der Waals surface area contributed by atoms with Crippen LogP contribution in [0.5, 0.6) is 0 Å². The molecule has 118 valence electrons. The highest BCUT2D eigenvalue weighted by Gasteiger charge is 2.24. The van der Waals surface area contributed by atoms with Gasteiger partial charge in [-0.15, -0.1) is 0 Å². The van der Waals surface area contributed by atoms with E-state index in [1.165, 1.54) is 13.8 Å². The van der Waals surface area contributed by atoms with E-state index in [1.54, 1.807) is 0 Å². The topological polar surface area (TPSA) is 101 Å². The van der Waals surface area contributed by atoms with Crippen LogP contribution in [0, 0.1) is 21.7 Å². The Morgan fingerprint density at radius 2 is 1.76 bits per heavy atom. The fourth-order valence-electron chi connectivity index (χ4n) is 1.68. The van der Waals surface area contributed by atoms with Gasteiger partial charge in [0.05, 0.1) is 23.3 Å². The highest BCUT2D eigenvalue weighted by atomic mass is 32.2. The normalized spacial score (nSPS) is 12.2. The number of nitrogens with one attached hydrogen (secondary N) is 2. The maximum Gasteiger partial charge on any atom is 0.275 e. The van der Waals surface area contributed by atoms with Gasteiger partial charge in [-0.05, 0) is 13.8 Å². The first kappa shape index (κ1) is 17.2. The molecule has 0 aliphatic heterocycles. The van der Waals surface area contributed by atoms with Crippen molar-refractivity contribution >= 4 is 21.4 Å². The zero-order chi connectivity index (χ0) is 16.4. The van der Waals surface area contributed by atoms with Crippen LogP contribution in [0.15, 0.2) is 12.1 Å². The standard InChI is InChI=1S/C11H15F2N3O4S/c1-11(2,15-21(3,19)20)6-14-10-8(12)4-7(16(17)18)5-9(10)13/h4-5,14-15H,6H2,1-3H3. The van der Waals surface area contributed by atoms with Crippen LogP contribution >= 0.6 is 0 Å². The van der Waals surface area contributed by atoms with Gasteiger partial charge >= 0.3 is 0 Å². The number of benzene rings is 1. The van der Waals surface area contributed by atoms with Gasteiger partial charge in [0.15, 0.2) is 11.6 Å². The molecule has 0 saturated heterocycles. The molecule has 0 fully saturated rings. The zero-order valence-electron chi connectivity index (χ0n) is 11.6. The van der Waals surface area contributed by atoms with Gasteiger partial charge < -0.3 is 5.32 Å².